The van der Waals surface area contributed by atoms with Crippen molar-refractivity contribution in [3.63, 3.8) is 0 Å². The van der Waals surface area contributed by atoms with E-state index in [1.807, 2.05) is 24.3 Å². The number of likely N-dealkylation sites (N-methyl/N-ethyl adjacent to an activating group) is 1. The van der Waals surface area contributed by atoms with Crippen LogP contribution < -0.4 is 19.1 Å². The highest BCUT2D eigenvalue weighted by molar-refractivity contribution is 6.16. The van der Waals surface area contributed by atoms with E-state index >= 15 is 0 Å². The van der Waals surface area contributed by atoms with Gasteiger partial charge < -0.3 is 24.0 Å². The largest absolute Gasteiger partial charge is 0.497 e. The quantitative estimate of drug-likeness (QED) is 0.572. The van der Waals surface area contributed by atoms with Gasteiger partial charge in [0.1, 0.15) is 19.0 Å². The molecule has 0 unspecified atom stereocenters. The summed E-state index contributed by atoms with van der Waals surface area (Å²) < 4.78 is 16.8. The van der Waals surface area contributed by atoms with Crippen molar-refractivity contribution in [2.75, 3.05) is 57.9 Å². The number of ketones is 1. The molecule has 166 valence electrons. The summed E-state index contributed by atoms with van der Waals surface area (Å²) in [7, 11) is 1.62. The molecule has 3 heterocycles. The maximum Gasteiger partial charge on any atom is 0.196 e. The van der Waals surface area contributed by atoms with E-state index in [0.717, 1.165) is 55.1 Å². The lowest BCUT2D eigenvalue weighted by molar-refractivity contribution is 0.103. The maximum absolute atomic E-state index is 13.6. The molecule has 3 aromatic rings. The second-order valence-electron chi connectivity index (χ2n) is 8.01. The van der Waals surface area contributed by atoms with Crippen molar-refractivity contribution >= 4 is 22.4 Å². The molecule has 2 aliphatic rings. The number of methoxy groups -OCH3 is 1. The number of carbonyl (C=O) groups excluding carboxylic acids is 1. The number of anilines is 1. The number of hydrogen-bond donors (Lipinski definition) is 0. The molecule has 7 nitrogen and oxygen atoms in total. The molecular formula is C25H27N3O4. The van der Waals surface area contributed by atoms with Crippen molar-refractivity contribution in [3.8, 4) is 17.2 Å². The van der Waals surface area contributed by atoms with E-state index in [1.54, 1.807) is 25.4 Å². The molecule has 0 radical (unpaired) electrons. The van der Waals surface area contributed by atoms with Gasteiger partial charge in [-0.3, -0.25) is 9.78 Å². The third-order valence-electron chi connectivity index (χ3n) is 6.24. The van der Waals surface area contributed by atoms with E-state index in [9.17, 15) is 4.79 Å². The van der Waals surface area contributed by atoms with E-state index in [2.05, 4.69) is 21.7 Å². The molecule has 1 saturated heterocycles. The molecule has 32 heavy (non-hydrogen) atoms. The fraction of sp³-hybridized carbons (Fsp3) is 0.360. The van der Waals surface area contributed by atoms with Gasteiger partial charge in [-0.2, -0.15) is 0 Å². The van der Waals surface area contributed by atoms with Crippen LogP contribution in [-0.2, 0) is 0 Å². The number of carbonyl (C=O) groups is 1. The predicted molar refractivity (Wildman–Crippen MR) is 123 cm³/mol. The number of piperazine rings is 1. The van der Waals surface area contributed by atoms with Crippen LogP contribution in [0, 0.1) is 0 Å². The molecule has 0 bridgehead atoms. The number of fused-ring (bicyclic) bond motifs is 2. The van der Waals surface area contributed by atoms with Gasteiger partial charge in [0, 0.05) is 49.4 Å². The molecule has 0 aliphatic carbocycles. The van der Waals surface area contributed by atoms with Gasteiger partial charge in [0.25, 0.3) is 0 Å². The van der Waals surface area contributed by atoms with E-state index in [-0.39, 0.29) is 5.78 Å². The molecule has 0 atom stereocenters. The highest BCUT2D eigenvalue weighted by atomic mass is 16.6. The van der Waals surface area contributed by atoms with Crippen molar-refractivity contribution in [1.29, 1.82) is 0 Å². The zero-order chi connectivity index (χ0) is 22.1. The highest BCUT2D eigenvalue weighted by Gasteiger charge is 2.26. The van der Waals surface area contributed by atoms with Crippen LogP contribution in [0.2, 0.25) is 0 Å². The Morgan fingerprint density at radius 2 is 1.72 bits per heavy atom. The van der Waals surface area contributed by atoms with E-state index in [4.69, 9.17) is 14.2 Å². The Hall–Kier alpha value is -3.32. The Labute approximate surface area is 187 Å². The van der Waals surface area contributed by atoms with Gasteiger partial charge in [-0.15, -0.1) is 0 Å². The average molecular weight is 434 g/mol. The van der Waals surface area contributed by atoms with Crippen LogP contribution in [0.25, 0.3) is 10.9 Å². The Morgan fingerprint density at radius 3 is 2.38 bits per heavy atom. The number of aromatic nitrogens is 1. The normalized spacial score (nSPS) is 16.2. The first-order chi connectivity index (χ1) is 15.7. The molecule has 1 fully saturated rings. The molecule has 0 N–H and O–H groups in total. The topological polar surface area (TPSA) is 64.1 Å². The first-order valence-corrected chi connectivity index (χ1v) is 11.1. The summed E-state index contributed by atoms with van der Waals surface area (Å²) in [4.78, 5) is 23.0. The van der Waals surface area contributed by atoms with Crippen LogP contribution in [-0.4, -0.2) is 68.7 Å². The lowest BCUT2D eigenvalue weighted by Gasteiger charge is -2.37. The Bertz CT molecular complexity index is 1140. The minimum absolute atomic E-state index is 0.0511. The summed E-state index contributed by atoms with van der Waals surface area (Å²) in [6, 6.07) is 11.1. The monoisotopic (exact) mass is 433 g/mol. The molecule has 7 heteroatoms. The van der Waals surface area contributed by atoms with Gasteiger partial charge in [0.05, 0.1) is 23.9 Å². The van der Waals surface area contributed by atoms with Gasteiger partial charge in [0.15, 0.2) is 17.3 Å². The van der Waals surface area contributed by atoms with Crippen LogP contribution in [0.5, 0.6) is 17.2 Å². The highest BCUT2D eigenvalue weighted by Crippen LogP contribution is 2.39. The summed E-state index contributed by atoms with van der Waals surface area (Å²) in [5.74, 6) is 2.07. The van der Waals surface area contributed by atoms with Gasteiger partial charge in [-0.25, -0.2) is 0 Å². The van der Waals surface area contributed by atoms with E-state index < -0.39 is 0 Å². The van der Waals surface area contributed by atoms with Crippen molar-refractivity contribution in [2.24, 2.45) is 0 Å². The van der Waals surface area contributed by atoms with E-state index in [1.165, 1.54) is 0 Å². The Kier molecular flexibility index (Phi) is 5.57. The number of rotatable bonds is 5. The van der Waals surface area contributed by atoms with Crippen molar-refractivity contribution in [1.82, 2.24) is 9.88 Å². The number of benzene rings is 2. The molecule has 2 aliphatic heterocycles. The summed E-state index contributed by atoms with van der Waals surface area (Å²) >= 11 is 0. The van der Waals surface area contributed by atoms with Crippen molar-refractivity contribution in [3.05, 3.63) is 53.7 Å². The van der Waals surface area contributed by atoms with Crippen LogP contribution in [0.3, 0.4) is 0 Å². The van der Waals surface area contributed by atoms with Crippen molar-refractivity contribution < 1.29 is 19.0 Å². The molecule has 5 rings (SSSR count). The second kappa shape index (κ2) is 8.67. The Balaban J connectivity index is 1.63. The SMILES string of the molecule is CCN1CCN(c2c(C(=O)c3ccc(OC)cc3)cnc3cc4c(cc23)OCCO4)CC1. The Morgan fingerprint density at radius 1 is 1.03 bits per heavy atom. The predicted octanol–water partition coefficient (Wildman–Crippen LogP) is 3.39. The van der Waals surface area contributed by atoms with Crippen molar-refractivity contribution in [2.45, 2.75) is 6.92 Å². The average Bonchev–Trinajstić information content (AvgIpc) is 2.86. The number of nitrogens with zero attached hydrogens (tertiary/aromatic N) is 3. The zero-order valence-electron chi connectivity index (χ0n) is 18.5. The first kappa shape index (κ1) is 20.6. The summed E-state index contributed by atoms with van der Waals surface area (Å²) in [6.07, 6.45) is 1.70. The molecule has 0 amide bonds. The van der Waals surface area contributed by atoms with Crippen LogP contribution in [0.1, 0.15) is 22.8 Å². The molecule has 0 saturated carbocycles. The van der Waals surface area contributed by atoms with Gasteiger partial charge in [-0.1, -0.05) is 6.92 Å². The third-order valence-corrected chi connectivity index (χ3v) is 6.24. The maximum atomic E-state index is 13.6. The first-order valence-electron chi connectivity index (χ1n) is 11.1. The summed E-state index contributed by atoms with van der Waals surface area (Å²) in [5.41, 5.74) is 2.93. The smallest absolute Gasteiger partial charge is 0.196 e. The number of hydrogen-bond acceptors (Lipinski definition) is 7. The van der Waals surface area contributed by atoms with Crippen LogP contribution in [0.15, 0.2) is 42.6 Å². The molecule has 1 aromatic heterocycles. The second-order valence-corrected chi connectivity index (χ2v) is 8.01. The lowest BCUT2D eigenvalue weighted by Crippen LogP contribution is -2.46. The van der Waals surface area contributed by atoms with Gasteiger partial charge in [-0.05, 0) is 36.9 Å². The standard InChI is InChI=1S/C25H27N3O4/c1-3-27-8-10-28(11-9-27)24-19-14-22-23(32-13-12-31-22)15-21(19)26-16-20(24)25(29)17-4-6-18(30-2)7-5-17/h4-7,14-16H,3,8-13H2,1-2H3. The minimum atomic E-state index is -0.0511. The van der Waals surface area contributed by atoms with Gasteiger partial charge >= 0.3 is 0 Å². The molecule has 2 aromatic carbocycles. The van der Waals surface area contributed by atoms with E-state index in [0.29, 0.717) is 35.8 Å². The zero-order valence-corrected chi connectivity index (χ0v) is 18.5. The van der Waals surface area contributed by atoms with Gasteiger partial charge in [0.2, 0.25) is 0 Å². The lowest BCUT2D eigenvalue weighted by atomic mass is 9.99. The minimum Gasteiger partial charge on any atom is -0.497 e. The number of pyridine rings is 1. The summed E-state index contributed by atoms with van der Waals surface area (Å²) in [5, 5.41) is 0.915. The van der Waals surface area contributed by atoms with Crippen LogP contribution >= 0.6 is 0 Å². The summed E-state index contributed by atoms with van der Waals surface area (Å²) in [6.45, 7) is 7.87. The molecular weight excluding hydrogens is 406 g/mol. The number of ether oxygens (including phenoxy) is 3. The third kappa shape index (κ3) is 3.73. The molecule has 0 spiro atoms. The fourth-order valence-electron chi connectivity index (χ4n) is 4.41. The fourth-order valence-corrected chi connectivity index (χ4v) is 4.41. The van der Waals surface area contributed by atoms with Crippen LogP contribution in [0.4, 0.5) is 5.69 Å².